The Labute approximate surface area is 169 Å². The molecule has 1 aliphatic rings. The van der Waals surface area contributed by atoms with Crippen LogP contribution in [0, 0.1) is 10.1 Å². The molecule has 1 saturated heterocycles. The van der Waals surface area contributed by atoms with Crippen LogP contribution in [0.3, 0.4) is 0 Å². The van der Waals surface area contributed by atoms with Gasteiger partial charge in [0, 0.05) is 50.4 Å². The van der Waals surface area contributed by atoms with Crippen LogP contribution in [0.5, 0.6) is 11.5 Å². The summed E-state index contributed by atoms with van der Waals surface area (Å²) in [4.78, 5) is 27.0. The quantitative estimate of drug-likeness (QED) is 0.525. The minimum atomic E-state index is -0.442. The Morgan fingerprint density at radius 2 is 1.72 bits per heavy atom. The van der Waals surface area contributed by atoms with Crippen LogP contribution in [-0.4, -0.2) is 61.0 Å². The largest absolute Gasteiger partial charge is 0.497 e. The maximum absolute atomic E-state index is 12.6. The zero-order chi connectivity index (χ0) is 20.8. The number of methoxy groups -OCH3 is 2. The highest BCUT2D eigenvalue weighted by atomic mass is 16.6. The van der Waals surface area contributed by atoms with Crippen LogP contribution in [0.2, 0.25) is 0 Å². The van der Waals surface area contributed by atoms with Crippen molar-refractivity contribution in [3.8, 4) is 11.5 Å². The number of piperazine rings is 1. The smallest absolute Gasteiger partial charge is 0.269 e. The molecule has 1 amide bonds. The molecule has 29 heavy (non-hydrogen) atoms. The fourth-order valence-corrected chi connectivity index (χ4v) is 3.42. The second kappa shape index (κ2) is 9.38. The van der Waals surface area contributed by atoms with Gasteiger partial charge in [-0.3, -0.25) is 19.8 Å². The summed E-state index contributed by atoms with van der Waals surface area (Å²) in [6.07, 6.45) is 0.252. The highest BCUT2D eigenvalue weighted by Crippen LogP contribution is 2.25. The normalized spacial score (nSPS) is 14.5. The molecule has 0 N–H and O–H groups in total. The van der Waals surface area contributed by atoms with Gasteiger partial charge < -0.3 is 14.4 Å². The van der Waals surface area contributed by atoms with Crippen LogP contribution in [0.15, 0.2) is 42.5 Å². The summed E-state index contributed by atoms with van der Waals surface area (Å²) < 4.78 is 10.8. The summed E-state index contributed by atoms with van der Waals surface area (Å²) in [6.45, 7) is 3.57. The van der Waals surface area contributed by atoms with Crippen molar-refractivity contribution in [1.82, 2.24) is 9.80 Å². The van der Waals surface area contributed by atoms with Gasteiger partial charge in [-0.2, -0.15) is 0 Å². The Morgan fingerprint density at radius 1 is 1.03 bits per heavy atom. The van der Waals surface area contributed by atoms with E-state index in [1.165, 1.54) is 12.1 Å². The number of nitro groups is 1. The number of hydrogen-bond donors (Lipinski definition) is 0. The Bertz CT molecular complexity index is 861. The van der Waals surface area contributed by atoms with Crippen LogP contribution in [0.4, 0.5) is 5.69 Å². The first-order valence-corrected chi connectivity index (χ1v) is 9.44. The third-order valence-electron chi connectivity index (χ3n) is 5.11. The molecule has 0 aromatic heterocycles. The van der Waals surface area contributed by atoms with Crippen LogP contribution in [0.1, 0.15) is 11.1 Å². The first kappa shape index (κ1) is 20.6. The Morgan fingerprint density at radius 3 is 2.31 bits per heavy atom. The number of benzene rings is 2. The van der Waals surface area contributed by atoms with E-state index in [9.17, 15) is 14.9 Å². The number of amides is 1. The monoisotopic (exact) mass is 399 g/mol. The maximum atomic E-state index is 12.6. The molecule has 0 bridgehead atoms. The zero-order valence-corrected chi connectivity index (χ0v) is 16.7. The molecule has 0 radical (unpaired) electrons. The lowest BCUT2D eigenvalue weighted by molar-refractivity contribution is -0.384. The van der Waals surface area contributed by atoms with Crippen molar-refractivity contribution in [2.24, 2.45) is 0 Å². The number of rotatable bonds is 7. The van der Waals surface area contributed by atoms with Gasteiger partial charge in [0.1, 0.15) is 11.5 Å². The number of hydrogen-bond acceptors (Lipinski definition) is 6. The van der Waals surface area contributed by atoms with Gasteiger partial charge in [0.2, 0.25) is 5.91 Å². The Hall–Kier alpha value is -3.13. The molecule has 0 aliphatic carbocycles. The molecule has 0 saturated carbocycles. The highest BCUT2D eigenvalue weighted by Gasteiger charge is 2.22. The molecular weight excluding hydrogens is 374 g/mol. The first-order chi connectivity index (χ1) is 14.0. The van der Waals surface area contributed by atoms with E-state index >= 15 is 0 Å². The van der Waals surface area contributed by atoms with Gasteiger partial charge >= 0.3 is 0 Å². The third-order valence-corrected chi connectivity index (χ3v) is 5.11. The summed E-state index contributed by atoms with van der Waals surface area (Å²) in [5.41, 5.74) is 1.87. The predicted molar refractivity (Wildman–Crippen MR) is 108 cm³/mol. The van der Waals surface area contributed by atoms with Gasteiger partial charge in [-0.25, -0.2) is 0 Å². The second-order valence-electron chi connectivity index (χ2n) is 6.94. The highest BCUT2D eigenvalue weighted by molar-refractivity contribution is 5.79. The summed E-state index contributed by atoms with van der Waals surface area (Å²) in [6, 6.07) is 11.9. The first-order valence-electron chi connectivity index (χ1n) is 9.44. The van der Waals surface area contributed by atoms with Crippen LogP contribution < -0.4 is 9.47 Å². The standard InChI is InChI=1S/C21H25N3O5/c1-28-19-7-8-20(29-2)17(14-19)15-22-9-11-23(12-10-22)21(25)13-16-3-5-18(6-4-16)24(26)27/h3-8,14H,9-13,15H2,1-2H3. The van der Waals surface area contributed by atoms with Gasteiger partial charge in [0.15, 0.2) is 0 Å². The van der Waals surface area contributed by atoms with Crippen molar-refractivity contribution in [3.05, 3.63) is 63.7 Å². The SMILES string of the molecule is COc1ccc(OC)c(CN2CCN(C(=O)Cc3ccc([N+](=O)[O-])cc3)CC2)c1. The van der Waals surface area contributed by atoms with E-state index in [2.05, 4.69) is 4.90 Å². The van der Waals surface area contributed by atoms with Gasteiger partial charge in [0.05, 0.1) is 25.6 Å². The average molecular weight is 399 g/mol. The minimum absolute atomic E-state index is 0.0304. The third kappa shape index (κ3) is 5.23. The van der Waals surface area contributed by atoms with E-state index in [0.29, 0.717) is 13.1 Å². The lowest BCUT2D eigenvalue weighted by Gasteiger charge is -2.35. The van der Waals surface area contributed by atoms with E-state index in [-0.39, 0.29) is 18.0 Å². The number of carbonyl (C=O) groups is 1. The molecule has 1 fully saturated rings. The van der Waals surface area contributed by atoms with Crippen molar-refractivity contribution in [2.75, 3.05) is 40.4 Å². The molecule has 0 atom stereocenters. The molecule has 1 aliphatic heterocycles. The number of nitro benzene ring substituents is 1. The molecule has 0 unspecified atom stereocenters. The molecule has 2 aromatic carbocycles. The molecule has 2 aromatic rings. The number of nitrogens with zero attached hydrogens (tertiary/aromatic N) is 3. The topological polar surface area (TPSA) is 85.2 Å². The fraction of sp³-hybridized carbons (Fsp3) is 0.381. The summed E-state index contributed by atoms with van der Waals surface area (Å²) in [7, 11) is 3.29. The van der Waals surface area contributed by atoms with Crippen LogP contribution in [-0.2, 0) is 17.8 Å². The molecule has 8 heteroatoms. The maximum Gasteiger partial charge on any atom is 0.269 e. The van der Waals surface area contributed by atoms with Crippen molar-refractivity contribution < 1.29 is 19.2 Å². The van der Waals surface area contributed by atoms with E-state index < -0.39 is 4.92 Å². The molecule has 8 nitrogen and oxygen atoms in total. The van der Waals surface area contributed by atoms with Gasteiger partial charge in [-0.05, 0) is 23.8 Å². The van der Waals surface area contributed by atoms with E-state index in [1.54, 1.807) is 26.4 Å². The summed E-state index contributed by atoms with van der Waals surface area (Å²) >= 11 is 0. The average Bonchev–Trinajstić information content (AvgIpc) is 2.74. The molecule has 1 heterocycles. The van der Waals surface area contributed by atoms with Crippen molar-refractivity contribution >= 4 is 11.6 Å². The number of ether oxygens (including phenoxy) is 2. The van der Waals surface area contributed by atoms with Crippen molar-refractivity contribution in [3.63, 3.8) is 0 Å². The van der Waals surface area contributed by atoms with Gasteiger partial charge in [-0.1, -0.05) is 12.1 Å². The molecule has 0 spiro atoms. The van der Waals surface area contributed by atoms with E-state index in [1.807, 2.05) is 23.1 Å². The Kier molecular flexibility index (Phi) is 6.66. The molecule has 3 rings (SSSR count). The number of non-ortho nitro benzene ring substituents is 1. The van der Waals surface area contributed by atoms with Crippen LogP contribution >= 0.6 is 0 Å². The fourth-order valence-electron chi connectivity index (χ4n) is 3.42. The van der Waals surface area contributed by atoms with E-state index in [4.69, 9.17) is 9.47 Å². The van der Waals surface area contributed by atoms with Crippen molar-refractivity contribution in [1.29, 1.82) is 0 Å². The second-order valence-corrected chi connectivity index (χ2v) is 6.94. The molecular formula is C21H25N3O5. The molecule has 154 valence electrons. The number of carbonyl (C=O) groups excluding carboxylic acids is 1. The van der Waals surface area contributed by atoms with E-state index in [0.717, 1.165) is 42.3 Å². The minimum Gasteiger partial charge on any atom is -0.497 e. The lowest BCUT2D eigenvalue weighted by atomic mass is 10.1. The van der Waals surface area contributed by atoms with Gasteiger partial charge in [0.25, 0.3) is 5.69 Å². The summed E-state index contributed by atoms with van der Waals surface area (Å²) in [5.74, 6) is 1.65. The van der Waals surface area contributed by atoms with Gasteiger partial charge in [-0.15, -0.1) is 0 Å². The predicted octanol–water partition coefficient (Wildman–Crippen LogP) is 2.50. The Balaban J connectivity index is 1.53. The van der Waals surface area contributed by atoms with Crippen LogP contribution in [0.25, 0.3) is 0 Å². The van der Waals surface area contributed by atoms with Crippen molar-refractivity contribution in [2.45, 2.75) is 13.0 Å². The zero-order valence-electron chi connectivity index (χ0n) is 16.7. The lowest BCUT2D eigenvalue weighted by Crippen LogP contribution is -2.48. The summed E-state index contributed by atoms with van der Waals surface area (Å²) in [5, 5.41) is 10.7.